The fourth-order valence-corrected chi connectivity index (χ4v) is 3.85. The molecule has 2 heterocycles. The zero-order valence-corrected chi connectivity index (χ0v) is 14.8. The second-order valence-corrected chi connectivity index (χ2v) is 6.73. The number of amides is 2. The van der Waals surface area contributed by atoms with Crippen LogP contribution in [0.15, 0.2) is 12.7 Å². The van der Waals surface area contributed by atoms with Gasteiger partial charge in [0.25, 0.3) is 5.91 Å². The van der Waals surface area contributed by atoms with Crippen LogP contribution >= 0.6 is 0 Å². The molecular weight excluding hydrogens is 340 g/mol. The van der Waals surface area contributed by atoms with Crippen LogP contribution in [0.2, 0.25) is 0 Å². The summed E-state index contributed by atoms with van der Waals surface area (Å²) in [4.78, 5) is 28.2. The first-order valence-electron chi connectivity index (χ1n) is 8.48. The van der Waals surface area contributed by atoms with Gasteiger partial charge in [0.1, 0.15) is 5.56 Å². The number of hydrogen-bond donors (Lipinski definition) is 2. The number of fused-ring (bicyclic) bond motifs is 1. The lowest BCUT2D eigenvalue weighted by molar-refractivity contribution is -0.127. The molecule has 1 aliphatic heterocycles. The predicted molar refractivity (Wildman–Crippen MR) is 95.0 cm³/mol. The second-order valence-electron chi connectivity index (χ2n) is 6.73. The summed E-state index contributed by atoms with van der Waals surface area (Å²) in [6, 6.07) is 0. The van der Waals surface area contributed by atoms with Crippen molar-refractivity contribution in [3.63, 3.8) is 0 Å². The second kappa shape index (κ2) is 6.55. The first-order valence-corrected chi connectivity index (χ1v) is 8.48. The van der Waals surface area contributed by atoms with Crippen molar-refractivity contribution < 1.29 is 18.4 Å². The summed E-state index contributed by atoms with van der Waals surface area (Å²) < 4.78 is 29.7. The number of halogens is 2. The summed E-state index contributed by atoms with van der Waals surface area (Å²) in [5, 5.41) is 0.480. The van der Waals surface area contributed by atoms with E-state index in [0.717, 1.165) is 5.56 Å². The van der Waals surface area contributed by atoms with Gasteiger partial charge in [0, 0.05) is 35.7 Å². The van der Waals surface area contributed by atoms with E-state index in [0.29, 0.717) is 30.5 Å². The van der Waals surface area contributed by atoms with E-state index in [1.807, 2.05) is 0 Å². The number of aromatic nitrogens is 1. The lowest BCUT2D eigenvalue weighted by Gasteiger charge is -2.33. The molecule has 1 aromatic carbocycles. The number of nitrogens with two attached hydrogens (primary N) is 1. The van der Waals surface area contributed by atoms with Crippen LogP contribution in [0.1, 0.15) is 45.9 Å². The molecule has 1 saturated heterocycles. The van der Waals surface area contributed by atoms with E-state index >= 15 is 4.39 Å². The minimum atomic E-state index is -1.24. The van der Waals surface area contributed by atoms with Gasteiger partial charge >= 0.3 is 0 Å². The SMILES string of the molecule is C=CC(=O)N1CCCC(c2c(F)c(F)c(C(N)=O)c3[nH]c(C)c(C)c23)C1. The molecule has 0 spiro atoms. The minimum absolute atomic E-state index is 0.200. The number of aryl methyl sites for hydroxylation is 2. The fourth-order valence-electron chi connectivity index (χ4n) is 3.85. The van der Waals surface area contributed by atoms with E-state index in [1.165, 1.54) is 6.08 Å². The molecule has 26 heavy (non-hydrogen) atoms. The van der Waals surface area contributed by atoms with E-state index in [9.17, 15) is 14.0 Å². The van der Waals surface area contributed by atoms with Gasteiger partial charge in [-0.2, -0.15) is 0 Å². The molecule has 1 fully saturated rings. The largest absolute Gasteiger partial charge is 0.365 e. The highest BCUT2D eigenvalue weighted by Crippen LogP contribution is 2.39. The summed E-state index contributed by atoms with van der Waals surface area (Å²) >= 11 is 0. The van der Waals surface area contributed by atoms with Crippen LogP contribution in [0.25, 0.3) is 10.9 Å². The van der Waals surface area contributed by atoms with Crippen LogP contribution in [0, 0.1) is 25.5 Å². The highest BCUT2D eigenvalue weighted by Gasteiger charge is 2.32. The smallest absolute Gasteiger partial charge is 0.253 e. The van der Waals surface area contributed by atoms with Crippen molar-refractivity contribution in [3.05, 3.63) is 46.7 Å². The van der Waals surface area contributed by atoms with Gasteiger partial charge in [0.2, 0.25) is 5.91 Å². The quantitative estimate of drug-likeness (QED) is 0.824. The first-order chi connectivity index (χ1) is 12.3. The molecule has 1 atom stereocenters. The number of hydrogen-bond acceptors (Lipinski definition) is 2. The zero-order chi connectivity index (χ0) is 19.2. The van der Waals surface area contributed by atoms with Crippen molar-refractivity contribution in [3.8, 4) is 0 Å². The number of aromatic amines is 1. The van der Waals surface area contributed by atoms with Gasteiger partial charge < -0.3 is 15.6 Å². The molecule has 0 aliphatic carbocycles. The standard InChI is InChI=1S/C19H21F2N3O2/c1-4-12(25)24-7-5-6-11(8-24)14-13-9(2)10(3)23-18(13)15(19(22)26)17(21)16(14)20/h4,11,23H,1,5-8H2,2-3H3,(H2,22,26). The Kier molecular flexibility index (Phi) is 4.56. The van der Waals surface area contributed by atoms with Gasteiger partial charge in [0.05, 0.1) is 5.52 Å². The average molecular weight is 361 g/mol. The Morgan fingerprint density at radius 1 is 1.31 bits per heavy atom. The Labute approximate surface area is 149 Å². The molecule has 3 N–H and O–H groups in total. The average Bonchev–Trinajstić information content (AvgIpc) is 2.89. The zero-order valence-electron chi connectivity index (χ0n) is 14.8. The maximum absolute atomic E-state index is 15.0. The Bertz CT molecular complexity index is 933. The van der Waals surface area contributed by atoms with Gasteiger partial charge in [-0.1, -0.05) is 6.58 Å². The first kappa shape index (κ1) is 18.1. The molecule has 0 radical (unpaired) electrons. The van der Waals surface area contributed by atoms with Crippen molar-refractivity contribution in [1.82, 2.24) is 9.88 Å². The van der Waals surface area contributed by atoms with Crippen molar-refractivity contribution in [2.75, 3.05) is 13.1 Å². The highest BCUT2D eigenvalue weighted by atomic mass is 19.2. The maximum Gasteiger partial charge on any atom is 0.253 e. The summed E-state index contributed by atoms with van der Waals surface area (Å²) in [6.45, 7) is 7.87. The number of likely N-dealkylation sites (tertiary alicyclic amines) is 1. The number of carbonyl (C=O) groups excluding carboxylic acids is 2. The lowest BCUT2D eigenvalue weighted by atomic mass is 9.85. The lowest BCUT2D eigenvalue weighted by Crippen LogP contribution is -2.38. The Morgan fingerprint density at radius 2 is 2.00 bits per heavy atom. The van der Waals surface area contributed by atoms with Crippen LogP contribution in [-0.4, -0.2) is 34.8 Å². The van der Waals surface area contributed by atoms with Gasteiger partial charge in [-0.15, -0.1) is 0 Å². The van der Waals surface area contributed by atoms with E-state index in [1.54, 1.807) is 18.7 Å². The molecule has 1 aromatic heterocycles. The number of nitrogens with zero attached hydrogens (tertiary/aromatic N) is 1. The fraction of sp³-hybridized carbons (Fsp3) is 0.368. The minimum Gasteiger partial charge on any atom is -0.365 e. The molecule has 138 valence electrons. The number of carbonyl (C=O) groups is 2. The molecule has 7 heteroatoms. The number of benzene rings is 1. The van der Waals surface area contributed by atoms with Crippen LogP contribution in [0.4, 0.5) is 8.78 Å². The molecule has 5 nitrogen and oxygen atoms in total. The Balaban J connectivity index is 2.25. The molecular formula is C19H21F2N3O2. The summed E-state index contributed by atoms with van der Waals surface area (Å²) in [5.74, 6) is -3.94. The molecule has 2 amide bonds. The molecule has 3 rings (SSSR count). The van der Waals surface area contributed by atoms with Gasteiger partial charge in [-0.3, -0.25) is 9.59 Å². The maximum atomic E-state index is 15.0. The monoisotopic (exact) mass is 361 g/mol. The third kappa shape index (κ3) is 2.67. The Morgan fingerprint density at radius 3 is 2.62 bits per heavy atom. The van der Waals surface area contributed by atoms with Crippen LogP contribution in [-0.2, 0) is 4.79 Å². The predicted octanol–water partition coefficient (Wildman–Crippen LogP) is 3.05. The van der Waals surface area contributed by atoms with E-state index < -0.39 is 23.1 Å². The van der Waals surface area contributed by atoms with Crippen molar-refractivity contribution >= 4 is 22.7 Å². The van der Waals surface area contributed by atoms with E-state index in [2.05, 4.69) is 11.6 Å². The van der Waals surface area contributed by atoms with Crippen molar-refractivity contribution in [2.24, 2.45) is 5.73 Å². The molecule has 0 saturated carbocycles. The van der Waals surface area contributed by atoms with Crippen LogP contribution < -0.4 is 5.73 Å². The third-order valence-electron chi connectivity index (χ3n) is 5.23. The van der Waals surface area contributed by atoms with Crippen LogP contribution in [0.5, 0.6) is 0 Å². The molecule has 1 unspecified atom stereocenters. The third-order valence-corrected chi connectivity index (χ3v) is 5.23. The number of H-pyrrole nitrogens is 1. The summed E-state index contributed by atoms with van der Waals surface area (Å²) in [6.07, 6.45) is 2.51. The topological polar surface area (TPSA) is 79.2 Å². The molecule has 2 aromatic rings. The van der Waals surface area contributed by atoms with Crippen LogP contribution in [0.3, 0.4) is 0 Å². The van der Waals surface area contributed by atoms with Gasteiger partial charge in [-0.25, -0.2) is 8.78 Å². The van der Waals surface area contributed by atoms with Crippen molar-refractivity contribution in [1.29, 1.82) is 0 Å². The van der Waals surface area contributed by atoms with Gasteiger partial charge in [-0.05, 0) is 38.3 Å². The van der Waals surface area contributed by atoms with Crippen molar-refractivity contribution in [2.45, 2.75) is 32.6 Å². The number of nitrogens with one attached hydrogen (secondary N) is 1. The summed E-state index contributed by atoms with van der Waals surface area (Å²) in [5.41, 5.74) is 6.69. The number of primary amides is 1. The molecule has 1 aliphatic rings. The van der Waals surface area contributed by atoms with Gasteiger partial charge in [0.15, 0.2) is 11.6 Å². The van der Waals surface area contributed by atoms with E-state index in [4.69, 9.17) is 5.73 Å². The highest BCUT2D eigenvalue weighted by molar-refractivity contribution is 6.07. The number of rotatable bonds is 3. The Hall–Kier alpha value is -2.70. The summed E-state index contributed by atoms with van der Waals surface area (Å²) in [7, 11) is 0. The van der Waals surface area contributed by atoms with E-state index in [-0.39, 0.29) is 29.4 Å². The number of piperidine rings is 1. The normalized spacial score (nSPS) is 17.5. The molecule has 0 bridgehead atoms.